The summed E-state index contributed by atoms with van der Waals surface area (Å²) in [6.07, 6.45) is 8.00. The summed E-state index contributed by atoms with van der Waals surface area (Å²) in [5.41, 5.74) is 0. The van der Waals surface area contributed by atoms with Gasteiger partial charge in [-0.15, -0.1) is 0 Å². The van der Waals surface area contributed by atoms with E-state index in [-0.39, 0.29) is 0 Å². The Kier molecular flexibility index (Phi) is 3.21. The van der Waals surface area contributed by atoms with Crippen molar-refractivity contribution < 1.29 is 4.74 Å². The zero-order chi connectivity index (χ0) is 9.10. The normalized spacial score (nSPS) is 23.3. The van der Waals surface area contributed by atoms with Crippen molar-refractivity contribution in [2.24, 2.45) is 0 Å². The maximum atomic E-state index is 5.63. The molecule has 2 rings (SSSR count). The van der Waals surface area contributed by atoms with Gasteiger partial charge in [0.1, 0.15) is 0 Å². The van der Waals surface area contributed by atoms with E-state index >= 15 is 0 Å². The Morgan fingerprint density at radius 3 is 3.15 bits per heavy atom. The van der Waals surface area contributed by atoms with Crippen molar-refractivity contribution in [2.45, 2.75) is 31.9 Å². The molecular weight excluding hydrogens is 279 g/mol. The molecule has 0 bridgehead atoms. The molecule has 1 aromatic heterocycles. The first-order valence-electron chi connectivity index (χ1n) is 4.64. The molecule has 1 saturated heterocycles. The van der Waals surface area contributed by atoms with Crippen LogP contribution in [0.5, 0.6) is 0 Å². The number of rotatable bonds is 2. The number of hydrogen-bond acceptors (Lipinski definition) is 2. The van der Waals surface area contributed by atoms with Crippen molar-refractivity contribution in [2.75, 3.05) is 6.61 Å². The Morgan fingerprint density at radius 1 is 1.62 bits per heavy atom. The third-order valence-electron chi connectivity index (χ3n) is 2.27. The van der Waals surface area contributed by atoms with Crippen LogP contribution >= 0.6 is 22.6 Å². The van der Waals surface area contributed by atoms with Crippen LogP contribution in [0.3, 0.4) is 0 Å². The number of nitrogens with zero attached hydrogens (tertiary/aromatic N) is 2. The Morgan fingerprint density at radius 2 is 2.54 bits per heavy atom. The summed E-state index contributed by atoms with van der Waals surface area (Å²) in [5, 5.41) is 4.24. The lowest BCUT2D eigenvalue weighted by atomic mass is 10.1. The first kappa shape index (κ1) is 9.45. The van der Waals surface area contributed by atoms with E-state index in [1.807, 2.05) is 10.9 Å². The Bertz CT molecular complexity index is 268. The molecule has 0 unspecified atom stereocenters. The second-order valence-electron chi connectivity index (χ2n) is 3.37. The molecule has 72 valence electrons. The zero-order valence-electron chi connectivity index (χ0n) is 7.45. The van der Waals surface area contributed by atoms with Crippen LogP contribution in [0.25, 0.3) is 0 Å². The molecule has 0 saturated carbocycles. The van der Waals surface area contributed by atoms with Gasteiger partial charge in [-0.3, -0.25) is 4.68 Å². The molecule has 13 heavy (non-hydrogen) atoms. The zero-order valence-corrected chi connectivity index (χ0v) is 9.61. The third kappa shape index (κ3) is 2.67. The fourth-order valence-corrected chi connectivity index (χ4v) is 2.04. The maximum Gasteiger partial charge on any atom is 0.0770 e. The van der Waals surface area contributed by atoms with E-state index in [9.17, 15) is 0 Å². The van der Waals surface area contributed by atoms with Gasteiger partial charge in [0.15, 0.2) is 0 Å². The first-order chi connectivity index (χ1) is 6.34. The Balaban J connectivity index is 1.89. The molecule has 1 atom stereocenters. The van der Waals surface area contributed by atoms with Gasteiger partial charge in [0.05, 0.1) is 22.4 Å². The average Bonchev–Trinajstić information content (AvgIpc) is 2.53. The lowest BCUT2D eigenvalue weighted by molar-refractivity contribution is 0.00398. The van der Waals surface area contributed by atoms with E-state index in [0.29, 0.717) is 6.10 Å². The minimum absolute atomic E-state index is 0.379. The molecule has 0 aliphatic carbocycles. The minimum Gasteiger partial charge on any atom is -0.376 e. The molecule has 1 fully saturated rings. The lowest BCUT2D eigenvalue weighted by Crippen LogP contribution is -2.24. The molecule has 3 nitrogen and oxygen atoms in total. The molecule has 0 spiro atoms. The van der Waals surface area contributed by atoms with Crippen LogP contribution in [0.15, 0.2) is 12.4 Å². The Labute approximate surface area is 91.6 Å². The van der Waals surface area contributed by atoms with Crippen LogP contribution < -0.4 is 0 Å². The van der Waals surface area contributed by atoms with Gasteiger partial charge in [-0.25, -0.2) is 0 Å². The standard InChI is InChI=1S/C9H13IN2O/c10-8-5-11-12(6-8)7-9-3-1-2-4-13-9/h5-6,9H,1-4,7H2/t9-/m0/s1. The van der Waals surface area contributed by atoms with Crippen LogP contribution in [0, 0.1) is 3.57 Å². The fraction of sp³-hybridized carbons (Fsp3) is 0.667. The van der Waals surface area contributed by atoms with Crippen LogP contribution in [-0.4, -0.2) is 22.5 Å². The molecule has 2 heterocycles. The number of aromatic nitrogens is 2. The smallest absolute Gasteiger partial charge is 0.0770 e. The summed E-state index contributed by atoms with van der Waals surface area (Å²) in [5.74, 6) is 0. The predicted molar refractivity (Wildman–Crippen MR) is 58.5 cm³/mol. The van der Waals surface area contributed by atoms with E-state index in [1.54, 1.807) is 0 Å². The molecule has 0 aromatic carbocycles. The monoisotopic (exact) mass is 292 g/mol. The highest BCUT2D eigenvalue weighted by molar-refractivity contribution is 14.1. The largest absolute Gasteiger partial charge is 0.376 e. The van der Waals surface area contributed by atoms with Gasteiger partial charge in [0, 0.05) is 12.8 Å². The van der Waals surface area contributed by atoms with Crippen LogP contribution in [0.2, 0.25) is 0 Å². The Hall–Kier alpha value is -0.100. The number of ether oxygens (including phenoxy) is 1. The van der Waals surface area contributed by atoms with Crippen LogP contribution in [0.4, 0.5) is 0 Å². The fourth-order valence-electron chi connectivity index (χ4n) is 1.60. The molecule has 4 heteroatoms. The molecule has 1 aromatic rings. The summed E-state index contributed by atoms with van der Waals surface area (Å²) >= 11 is 2.27. The minimum atomic E-state index is 0.379. The highest BCUT2D eigenvalue weighted by Crippen LogP contribution is 2.14. The van der Waals surface area contributed by atoms with E-state index in [2.05, 4.69) is 33.9 Å². The molecule has 0 amide bonds. The van der Waals surface area contributed by atoms with Gasteiger partial charge in [0.2, 0.25) is 0 Å². The molecular formula is C9H13IN2O. The van der Waals surface area contributed by atoms with Crippen LogP contribution in [-0.2, 0) is 11.3 Å². The average molecular weight is 292 g/mol. The summed E-state index contributed by atoms with van der Waals surface area (Å²) in [4.78, 5) is 0. The number of halogens is 1. The van der Waals surface area contributed by atoms with Gasteiger partial charge in [-0.05, 0) is 41.9 Å². The second-order valence-corrected chi connectivity index (χ2v) is 4.61. The van der Waals surface area contributed by atoms with Crippen LogP contribution in [0.1, 0.15) is 19.3 Å². The molecule has 1 aliphatic rings. The van der Waals surface area contributed by atoms with Crippen molar-refractivity contribution in [3.63, 3.8) is 0 Å². The predicted octanol–water partition coefficient (Wildman–Crippen LogP) is 2.06. The van der Waals surface area contributed by atoms with Crippen molar-refractivity contribution in [1.82, 2.24) is 9.78 Å². The third-order valence-corrected chi connectivity index (χ3v) is 2.82. The van der Waals surface area contributed by atoms with E-state index in [0.717, 1.165) is 13.2 Å². The highest BCUT2D eigenvalue weighted by Gasteiger charge is 2.14. The summed E-state index contributed by atoms with van der Waals surface area (Å²) in [6.45, 7) is 1.83. The van der Waals surface area contributed by atoms with Crippen molar-refractivity contribution >= 4 is 22.6 Å². The highest BCUT2D eigenvalue weighted by atomic mass is 127. The summed E-state index contributed by atoms with van der Waals surface area (Å²) < 4.78 is 8.79. The lowest BCUT2D eigenvalue weighted by Gasteiger charge is -2.22. The van der Waals surface area contributed by atoms with Gasteiger partial charge in [0.25, 0.3) is 0 Å². The van der Waals surface area contributed by atoms with Crippen molar-refractivity contribution in [3.05, 3.63) is 16.0 Å². The van der Waals surface area contributed by atoms with Gasteiger partial charge >= 0.3 is 0 Å². The van der Waals surface area contributed by atoms with E-state index in [4.69, 9.17) is 4.74 Å². The second kappa shape index (κ2) is 4.41. The van der Waals surface area contributed by atoms with E-state index in [1.165, 1.54) is 22.8 Å². The molecule has 1 aliphatic heterocycles. The van der Waals surface area contributed by atoms with Crippen molar-refractivity contribution in [3.8, 4) is 0 Å². The summed E-state index contributed by atoms with van der Waals surface area (Å²) in [6, 6.07) is 0. The van der Waals surface area contributed by atoms with Crippen molar-refractivity contribution in [1.29, 1.82) is 0 Å². The van der Waals surface area contributed by atoms with Gasteiger partial charge in [-0.1, -0.05) is 0 Å². The SMILES string of the molecule is Ic1cnn(C[C@@H]2CCCCO2)c1. The van der Waals surface area contributed by atoms with Gasteiger partial charge in [-0.2, -0.15) is 5.10 Å². The summed E-state index contributed by atoms with van der Waals surface area (Å²) in [7, 11) is 0. The van der Waals surface area contributed by atoms with E-state index < -0.39 is 0 Å². The molecule has 0 N–H and O–H groups in total. The van der Waals surface area contributed by atoms with Gasteiger partial charge < -0.3 is 4.74 Å². The topological polar surface area (TPSA) is 27.1 Å². The maximum absolute atomic E-state index is 5.63. The number of hydrogen-bond donors (Lipinski definition) is 0. The molecule has 0 radical (unpaired) electrons. The quantitative estimate of drug-likeness (QED) is 0.780. The first-order valence-corrected chi connectivity index (χ1v) is 5.72.